The molecule has 6 heteroatoms. The number of hydrogen-bond donors (Lipinski definition) is 1. The highest BCUT2D eigenvalue weighted by Gasteiger charge is 2.25. The number of nitrogens with zero attached hydrogens (tertiary/aromatic N) is 2. The molecule has 0 aliphatic carbocycles. The minimum atomic E-state index is -0.607. The average Bonchev–Trinajstić information content (AvgIpc) is 2.58. The third kappa shape index (κ3) is 2.87. The molecule has 6 nitrogen and oxygen atoms in total. The summed E-state index contributed by atoms with van der Waals surface area (Å²) in [5, 5.41) is 15.4. The lowest BCUT2D eigenvalue weighted by Crippen LogP contribution is -2.23. The monoisotopic (exact) mass is 337 g/mol. The van der Waals surface area contributed by atoms with Gasteiger partial charge >= 0.3 is 11.2 Å². The van der Waals surface area contributed by atoms with E-state index in [2.05, 4.69) is 5.32 Å². The van der Waals surface area contributed by atoms with Gasteiger partial charge < -0.3 is 9.88 Å². The molecule has 0 fully saturated rings. The molecule has 0 atom stereocenters. The standard InChI is InChI=1S/C19H19N3O3/c1-4-21-16-8-6-5-7-15(16)17(18(19(21)23)22(24)25)20-14-10-9-12(2)13(3)11-14/h5-11,20H,4H2,1-3H3. The van der Waals surface area contributed by atoms with Crippen LogP contribution in [-0.4, -0.2) is 9.49 Å². The Balaban J connectivity index is 2.32. The summed E-state index contributed by atoms with van der Waals surface area (Å²) in [5.74, 6) is 0. The molecule has 0 amide bonds. The fraction of sp³-hybridized carbons (Fsp3) is 0.211. The lowest BCUT2D eigenvalue weighted by Gasteiger charge is -2.15. The van der Waals surface area contributed by atoms with Gasteiger partial charge in [0.2, 0.25) is 0 Å². The molecule has 1 heterocycles. The van der Waals surface area contributed by atoms with E-state index in [-0.39, 0.29) is 5.69 Å². The molecule has 3 rings (SSSR count). The third-order valence-electron chi connectivity index (χ3n) is 4.42. The molecule has 1 N–H and O–H groups in total. The summed E-state index contributed by atoms with van der Waals surface area (Å²) in [6.07, 6.45) is 0. The largest absolute Gasteiger partial charge is 0.357 e. The summed E-state index contributed by atoms with van der Waals surface area (Å²) < 4.78 is 1.43. The first-order valence-corrected chi connectivity index (χ1v) is 8.08. The van der Waals surface area contributed by atoms with E-state index >= 15 is 0 Å². The van der Waals surface area contributed by atoms with Gasteiger partial charge in [-0.25, -0.2) is 0 Å². The number of nitrogens with one attached hydrogen (secondary N) is 1. The number of pyridine rings is 1. The van der Waals surface area contributed by atoms with Gasteiger partial charge in [0, 0.05) is 17.6 Å². The highest BCUT2D eigenvalue weighted by molar-refractivity contribution is 5.97. The summed E-state index contributed by atoms with van der Waals surface area (Å²) in [5.41, 5.74) is 2.79. The molecule has 0 saturated carbocycles. The van der Waals surface area contributed by atoms with Crippen LogP contribution in [0.5, 0.6) is 0 Å². The molecule has 0 aliphatic rings. The van der Waals surface area contributed by atoms with E-state index < -0.39 is 16.2 Å². The molecule has 128 valence electrons. The number of aromatic nitrogens is 1. The molecule has 0 spiro atoms. The van der Waals surface area contributed by atoms with Gasteiger partial charge in [0.1, 0.15) is 5.69 Å². The molecule has 25 heavy (non-hydrogen) atoms. The van der Waals surface area contributed by atoms with Gasteiger partial charge in [0.15, 0.2) is 0 Å². The summed E-state index contributed by atoms with van der Waals surface area (Å²) in [7, 11) is 0. The molecule has 0 unspecified atom stereocenters. The normalized spacial score (nSPS) is 10.8. The zero-order valence-corrected chi connectivity index (χ0v) is 14.4. The lowest BCUT2D eigenvalue weighted by atomic mass is 10.1. The van der Waals surface area contributed by atoms with E-state index in [0.29, 0.717) is 23.1 Å². The van der Waals surface area contributed by atoms with Crippen LogP contribution in [0.4, 0.5) is 17.1 Å². The van der Waals surface area contributed by atoms with Crippen molar-refractivity contribution >= 4 is 28.0 Å². The Kier molecular flexibility index (Phi) is 4.27. The van der Waals surface area contributed by atoms with Crippen molar-refractivity contribution in [1.82, 2.24) is 4.57 Å². The van der Waals surface area contributed by atoms with Crippen molar-refractivity contribution in [1.29, 1.82) is 0 Å². The van der Waals surface area contributed by atoms with E-state index in [1.807, 2.05) is 44.2 Å². The molecule has 0 aliphatic heterocycles. The summed E-state index contributed by atoms with van der Waals surface area (Å²) in [4.78, 5) is 23.7. The van der Waals surface area contributed by atoms with E-state index in [1.165, 1.54) is 4.57 Å². The molecule has 3 aromatic rings. The van der Waals surface area contributed by atoms with Gasteiger partial charge in [0.05, 0.1) is 10.4 Å². The second-order valence-corrected chi connectivity index (χ2v) is 5.97. The maximum absolute atomic E-state index is 12.7. The molecule has 0 bridgehead atoms. The van der Waals surface area contributed by atoms with Crippen LogP contribution in [0.15, 0.2) is 47.3 Å². The van der Waals surface area contributed by atoms with Crippen LogP contribution in [0.25, 0.3) is 10.9 Å². The fourth-order valence-electron chi connectivity index (χ4n) is 2.97. The molecule has 0 radical (unpaired) electrons. The Morgan fingerprint density at radius 3 is 2.48 bits per heavy atom. The van der Waals surface area contributed by atoms with Gasteiger partial charge in [-0.2, -0.15) is 0 Å². The first-order chi connectivity index (χ1) is 11.9. The van der Waals surface area contributed by atoms with Gasteiger partial charge in [-0.15, -0.1) is 0 Å². The number of anilines is 2. The van der Waals surface area contributed by atoms with Crippen LogP contribution in [0.3, 0.4) is 0 Å². The fourth-order valence-corrected chi connectivity index (χ4v) is 2.97. The van der Waals surface area contributed by atoms with Crippen molar-refractivity contribution in [3.63, 3.8) is 0 Å². The van der Waals surface area contributed by atoms with E-state index in [4.69, 9.17) is 0 Å². The third-order valence-corrected chi connectivity index (χ3v) is 4.42. The molecule has 0 saturated heterocycles. The van der Waals surface area contributed by atoms with Crippen LogP contribution < -0.4 is 10.9 Å². The van der Waals surface area contributed by atoms with Crippen LogP contribution in [0, 0.1) is 24.0 Å². The quantitative estimate of drug-likeness (QED) is 0.569. The van der Waals surface area contributed by atoms with Gasteiger partial charge in [-0.1, -0.05) is 24.3 Å². The van der Waals surface area contributed by atoms with Crippen molar-refractivity contribution in [3.05, 3.63) is 74.1 Å². The molecule has 1 aromatic heterocycles. The molecular formula is C19H19N3O3. The van der Waals surface area contributed by atoms with Gasteiger partial charge in [-0.3, -0.25) is 14.9 Å². The van der Waals surface area contributed by atoms with Crippen LogP contribution in [0.1, 0.15) is 18.1 Å². The SMILES string of the molecule is CCn1c(=O)c([N+](=O)[O-])c(Nc2ccc(C)c(C)c2)c2ccccc21. The molecule has 2 aromatic carbocycles. The first-order valence-electron chi connectivity index (χ1n) is 8.08. The summed E-state index contributed by atoms with van der Waals surface area (Å²) >= 11 is 0. The van der Waals surface area contributed by atoms with E-state index in [9.17, 15) is 14.9 Å². The van der Waals surface area contributed by atoms with Crippen molar-refractivity contribution in [2.45, 2.75) is 27.3 Å². The van der Waals surface area contributed by atoms with Crippen molar-refractivity contribution in [3.8, 4) is 0 Å². The molecular weight excluding hydrogens is 318 g/mol. The average molecular weight is 337 g/mol. The minimum Gasteiger partial charge on any atom is -0.349 e. The maximum Gasteiger partial charge on any atom is 0.357 e. The van der Waals surface area contributed by atoms with Crippen LogP contribution >= 0.6 is 0 Å². The van der Waals surface area contributed by atoms with E-state index in [0.717, 1.165) is 11.1 Å². The smallest absolute Gasteiger partial charge is 0.349 e. The number of hydrogen-bond acceptors (Lipinski definition) is 4. The minimum absolute atomic E-state index is 0.235. The van der Waals surface area contributed by atoms with E-state index in [1.54, 1.807) is 19.1 Å². The van der Waals surface area contributed by atoms with Gasteiger partial charge in [0.25, 0.3) is 0 Å². The Bertz CT molecular complexity index is 1040. The number of rotatable bonds is 4. The predicted octanol–water partition coefficient (Wildman–Crippen LogP) is 4.29. The highest BCUT2D eigenvalue weighted by atomic mass is 16.6. The predicted molar refractivity (Wildman–Crippen MR) is 99.7 cm³/mol. The van der Waals surface area contributed by atoms with Crippen molar-refractivity contribution < 1.29 is 4.92 Å². The summed E-state index contributed by atoms with van der Waals surface area (Å²) in [6.45, 7) is 6.14. The Morgan fingerprint density at radius 1 is 1.12 bits per heavy atom. The Morgan fingerprint density at radius 2 is 1.84 bits per heavy atom. The lowest BCUT2D eigenvalue weighted by molar-refractivity contribution is -0.385. The number of benzene rings is 2. The number of aryl methyl sites for hydroxylation is 3. The van der Waals surface area contributed by atoms with Crippen LogP contribution in [0.2, 0.25) is 0 Å². The Hall–Kier alpha value is -3.15. The second kappa shape index (κ2) is 6.39. The first kappa shape index (κ1) is 16.7. The number of fused-ring (bicyclic) bond motifs is 1. The Labute approximate surface area is 144 Å². The number of nitro groups is 1. The number of para-hydroxylation sites is 1. The maximum atomic E-state index is 12.7. The van der Waals surface area contributed by atoms with Crippen LogP contribution in [-0.2, 0) is 6.54 Å². The van der Waals surface area contributed by atoms with Crippen molar-refractivity contribution in [2.24, 2.45) is 0 Å². The van der Waals surface area contributed by atoms with Gasteiger partial charge in [-0.05, 0) is 50.1 Å². The summed E-state index contributed by atoms with van der Waals surface area (Å²) in [6, 6.07) is 12.9. The zero-order valence-electron chi connectivity index (χ0n) is 14.4. The topological polar surface area (TPSA) is 77.2 Å². The van der Waals surface area contributed by atoms with Crippen molar-refractivity contribution in [2.75, 3.05) is 5.32 Å². The highest BCUT2D eigenvalue weighted by Crippen LogP contribution is 2.33. The zero-order chi connectivity index (χ0) is 18.1. The second-order valence-electron chi connectivity index (χ2n) is 5.97.